The second kappa shape index (κ2) is 9.40. The fraction of sp³-hybridized carbons (Fsp3) is 0.208. The number of carbonyl (C=O) groups is 2. The van der Waals surface area contributed by atoms with Crippen LogP contribution in [0.3, 0.4) is 0 Å². The quantitative estimate of drug-likeness (QED) is 0.625. The highest BCUT2D eigenvalue weighted by atomic mass is 16.5. The Morgan fingerprint density at radius 2 is 1.81 bits per heavy atom. The van der Waals surface area contributed by atoms with Gasteiger partial charge in [0, 0.05) is 29.9 Å². The molecule has 0 bridgehead atoms. The molecule has 7 nitrogen and oxygen atoms in total. The molecule has 0 saturated carbocycles. The zero-order valence-electron chi connectivity index (χ0n) is 17.1. The molecule has 31 heavy (non-hydrogen) atoms. The Kier molecular flexibility index (Phi) is 6.24. The summed E-state index contributed by atoms with van der Waals surface area (Å²) in [5.41, 5.74) is 9.07. The number of morpholine rings is 1. The van der Waals surface area contributed by atoms with Gasteiger partial charge in [-0.2, -0.15) is 5.10 Å². The van der Waals surface area contributed by atoms with Crippen LogP contribution in [0.25, 0.3) is 17.3 Å². The summed E-state index contributed by atoms with van der Waals surface area (Å²) < 4.78 is 7.19. The van der Waals surface area contributed by atoms with E-state index in [0.717, 1.165) is 22.4 Å². The summed E-state index contributed by atoms with van der Waals surface area (Å²) >= 11 is 0. The predicted molar refractivity (Wildman–Crippen MR) is 118 cm³/mol. The summed E-state index contributed by atoms with van der Waals surface area (Å²) in [6.45, 7) is 1.51. The summed E-state index contributed by atoms with van der Waals surface area (Å²) in [5.74, 6) is -0.751. The normalized spacial score (nSPS) is 16.5. The Bertz CT molecular complexity index is 1080. The van der Waals surface area contributed by atoms with Crippen molar-refractivity contribution in [1.29, 1.82) is 0 Å². The van der Waals surface area contributed by atoms with Gasteiger partial charge in [0.2, 0.25) is 11.8 Å². The highest BCUT2D eigenvalue weighted by Gasteiger charge is 2.26. The molecule has 1 saturated heterocycles. The smallest absolute Gasteiger partial charge is 0.248 e. The molecule has 4 rings (SSSR count). The fourth-order valence-electron chi connectivity index (χ4n) is 3.52. The molecule has 2 aromatic carbocycles. The molecule has 158 valence electrons. The number of amides is 2. The van der Waals surface area contributed by atoms with Gasteiger partial charge < -0.3 is 15.4 Å². The van der Waals surface area contributed by atoms with E-state index in [-0.39, 0.29) is 19.1 Å². The molecule has 1 aromatic heterocycles. The number of carbonyl (C=O) groups excluding carboxylic acids is 2. The molecule has 1 aliphatic rings. The van der Waals surface area contributed by atoms with Crippen molar-refractivity contribution in [3.05, 3.63) is 84.1 Å². The molecule has 1 fully saturated rings. The van der Waals surface area contributed by atoms with Crippen LogP contribution in [0.15, 0.2) is 72.9 Å². The standard InChI is InChI=1S/C24H24N4O3/c25-24(30)21-17-27(13-14-31-21)22(29)12-11-20-16-28(15-18-7-3-1-4-8-18)26-23(20)19-9-5-2-6-10-19/h1-12,16,21H,13-15,17H2,(H2,25,30). The summed E-state index contributed by atoms with van der Waals surface area (Å²) in [5, 5.41) is 4.76. The number of primary amides is 1. The molecule has 7 heteroatoms. The maximum atomic E-state index is 12.7. The maximum absolute atomic E-state index is 12.7. The monoisotopic (exact) mass is 416 g/mol. The highest BCUT2D eigenvalue weighted by Crippen LogP contribution is 2.23. The maximum Gasteiger partial charge on any atom is 0.248 e. The van der Waals surface area contributed by atoms with Gasteiger partial charge in [0.05, 0.1) is 25.4 Å². The van der Waals surface area contributed by atoms with Crippen molar-refractivity contribution in [3.63, 3.8) is 0 Å². The van der Waals surface area contributed by atoms with E-state index in [1.807, 2.05) is 59.4 Å². The van der Waals surface area contributed by atoms with Gasteiger partial charge >= 0.3 is 0 Å². The van der Waals surface area contributed by atoms with E-state index < -0.39 is 12.0 Å². The third-order valence-electron chi connectivity index (χ3n) is 5.13. The van der Waals surface area contributed by atoms with E-state index in [2.05, 4.69) is 12.1 Å². The van der Waals surface area contributed by atoms with Crippen LogP contribution in [0.5, 0.6) is 0 Å². The van der Waals surface area contributed by atoms with Crippen molar-refractivity contribution in [2.45, 2.75) is 12.6 Å². The Morgan fingerprint density at radius 1 is 1.10 bits per heavy atom. The lowest BCUT2D eigenvalue weighted by Gasteiger charge is -2.30. The SMILES string of the molecule is NC(=O)C1CN(C(=O)C=Cc2cn(Cc3ccccc3)nc2-c2ccccc2)CCO1. The molecule has 3 aromatic rings. The Hall–Kier alpha value is -3.71. The number of hydrogen-bond acceptors (Lipinski definition) is 4. The molecule has 2 N–H and O–H groups in total. The predicted octanol–water partition coefficient (Wildman–Crippen LogP) is 2.32. The van der Waals surface area contributed by atoms with E-state index in [1.54, 1.807) is 11.0 Å². The number of aromatic nitrogens is 2. The van der Waals surface area contributed by atoms with Gasteiger partial charge in [-0.05, 0) is 11.6 Å². The molecule has 0 spiro atoms. The summed E-state index contributed by atoms with van der Waals surface area (Å²) in [6.07, 6.45) is 4.46. The minimum atomic E-state index is -0.764. The third kappa shape index (κ3) is 5.07. The minimum Gasteiger partial charge on any atom is -0.367 e. The van der Waals surface area contributed by atoms with Gasteiger partial charge in [0.15, 0.2) is 6.10 Å². The highest BCUT2D eigenvalue weighted by molar-refractivity contribution is 5.93. The first-order valence-electron chi connectivity index (χ1n) is 10.1. The second-order valence-corrected chi connectivity index (χ2v) is 7.36. The van der Waals surface area contributed by atoms with Gasteiger partial charge in [0.1, 0.15) is 0 Å². The number of benzene rings is 2. The van der Waals surface area contributed by atoms with E-state index in [0.29, 0.717) is 13.1 Å². The van der Waals surface area contributed by atoms with Crippen molar-refractivity contribution in [2.75, 3.05) is 19.7 Å². The molecule has 2 amide bonds. The van der Waals surface area contributed by atoms with Crippen LogP contribution in [0.1, 0.15) is 11.1 Å². The zero-order chi connectivity index (χ0) is 21.6. The molecule has 1 aliphatic heterocycles. The average molecular weight is 416 g/mol. The van der Waals surface area contributed by atoms with E-state index >= 15 is 0 Å². The van der Waals surface area contributed by atoms with Crippen molar-refractivity contribution in [3.8, 4) is 11.3 Å². The summed E-state index contributed by atoms with van der Waals surface area (Å²) in [7, 11) is 0. The van der Waals surface area contributed by atoms with Crippen molar-refractivity contribution in [2.24, 2.45) is 5.73 Å². The molecule has 2 heterocycles. The lowest BCUT2D eigenvalue weighted by Crippen LogP contribution is -2.50. The number of hydrogen-bond donors (Lipinski definition) is 1. The first-order valence-corrected chi connectivity index (χ1v) is 10.1. The van der Waals surface area contributed by atoms with E-state index in [4.69, 9.17) is 15.6 Å². The van der Waals surface area contributed by atoms with Gasteiger partial charge in [-0.3, -0.25) is 14.3 Å². The molecule has 0 aliphatic carbocycles. The Morgan fingerprint density at radius 3 is 2.52 bits per heavy atom. The molecule has 0 radical (unpaired) electrons. The summed E-state index contributed by atoms with van der Waals surface area (Å²) in [4.78, 5) is 25.7. The van der Waals surface area contributed by atoms with Gasteiger partial charge in [-0.15, -0.1) is 0 Å². The Balaban J connectivity index is 1.57. The lowest BCUT2D eigenvalue weighted by atomic mass is 10.1. The van der Waals surface area contributed by atoms with Gasteiger partial charge in [-0.25, -0.2) is 0 Å². The van der Waals surface area contributed by atoms with Crippen molar-refractivity contribution < 1.29 is 14.3 Å². The molecule has 1 unspecified atom stereocenters. The van der Waals surface area contributed by atoms with Crippen LogP contribution < -0.4 is 5.73 Å². The largest absolute Gasteiger partial charge is 0.367 e. The van der Waals surface area contributed by atoms with Crippen LogP contribution >= 0.6 is 0 Å². The van der Waals surface area contributed by atoms with Crippen LogP contribution in [-0.2, 0) is 20.9 Å². The first kappa shape index (κ1) is 20.6. The van der Waals surface area contributed by atoms with E-state index in [1.165, 1.54) is 6.08 Å². The average Bonchev–Trinajstić information content (AvgIpc) is 3.21. The zero-order valence-corrected chi connectivity index (χ0v) is 17.1. The lowest BCUT2D eigenvalue weighted by molar-refractivity contribution is -0.142. The Labute approximate surface area is 180 Å². The van der Waals surface area contributed by atoms with Gasteiger partial charge in [-0.1, -0.05) is 60.7 Å². The molecule has 1 atom stereocenters. The number of nitrogens with two attached hydrogens (primary N) is 1. The second-order valence-electron chi connectivity index (χ2n) is 7.36. The molecular formula is C24H24N4O3. The van der Waals surface area contributed by atoms with E-state index in [9.17, 15) is 9.59 Å². The van der Waals surface area contributed by atoms with Crippen molar-refractivity contribution >= 4 is 17.9 Å². The van der Waals surface area contributed by atoms with Crippen molar-refractivity contribution in [1.82, 2.24) is 14.7 Å². The number of ether oxygens (including phenoxy) is 1. The minimum absolute atomic E-state index is 0.164. The third-order valence-corrected chi connectivity index (χ3v) is 5.13. The van der Waals surface area contributed by atoms with Crippen LogP contribution in [0, 0.1) is 0 Å². The van der Waals surface area contributed by atoms with Crippen LogP contribution in [-0.4, -0.2) is 52.3 Å². The first-order chi connectivity index (χ1) is 15.1. The summed E-state index contributed by atoms with van der Waals surface area (Å²) in [6, 6.07) is 19.9. The number of nitrogens with zero attached hydrogens (tertiary/aromatic N) is 3. The van der Waals surface area contributed by atoms with Crippen LogP contribution in [0.4, 0.5) is 0 Å². The van der Waals surface area contributed by atoms with Crippen LogP contribution in [0.2, 0.25) is 0 Å². The number of rotatable bonds is 6. The fourth-order valence-corrected chi connectivity index (χ4v) is 3.52. The van der Waals surface area contributed by atoms with Gasteiger partial charge in [0.25, 0.3) is 0 Å². The topological polar surface area (TPSA) is 90.5 Å². The molecular weight excluding hydrogens is 392 g/mol.